The first-order chi connectivity index (χ1) is 12.5. The molecule has 3 aliphatic rings. The lowest BCUT2D eigenvalue weighted by atomic mass is 9.44. The van der Waals surface area contributed by atoms with E-state index in [2.05, 4.69) is 27.7 Å². The Morgan fingerprint density at radius 3 is 2.46 bits per heavy atom. The van der Waals surface area contributed by atoms with Gasteiger partial charge in [0.15, 0.2) is 0 Å². The predicted octanol–water partition coefficient (Wildman–Crippen LogP) is 4.51. The molecule has 1 aromatic carbocycles. The van der Waals surface area contributed by atoms with Gasteiger partial charge in [0, 0.05) is 11.5 Å². The molecule has 156 valence electrons. The Morgan fingerprint density at radius 2 is 1.82 bits per heavy atom. The van der Waals surface area contributed by atoms with Crippen molar-refractivity contribution in [2.45, 2.75) is 78.7 Å². The molecule has 2 fully saturated rings. The molecule has 4 rings (SSSR count). The first-order valence-corrected chi connectivity index (χ1v) is 10.3. The lowest BCUT2D eigenvalue weighted by Crippen LogP contribution is -2.61. The fraction of sp³-hybridized carbons (Fsp3) is 0.696. The van der Waals surface area contributed by atoms with Gasteiger partial charge in [-0.1, -0.05) is 27.2 Å². The maximum absolute atomic E-state index is 11.6. The van der Waals surface area contributed by atoms with Crippen molar-refractivity contribution in [2.75, 3.05) is 0 Å². The molecule has 0 saturated heterocycles. The third-order valence-corrected chi connectivity index (χ3v) is 8.27. The summed E-state index contributed by atoms with van der Waals surface area (Å²) in [5, 5.41) is 20.3. The van der Waals surface area contributed by atoms with Crippen molar-refractivity contribution >= 4 is 5.97 Å². The molecule has 1 heterocycles. The second kappa shape index (κ2) is 6.38. The van der Waals surface area contributed by atoms with Gasteiger partial charge < -0.3 is 20.4 Å². The van der Waals surface area contributed by atoms with Gasteiger partial charge in [0.1, 0.15) is 22.7 Å². The van der Waals surface area contributed by atoms with Gasteiger partial charge in [0.05, 0.1) is 0 Å². The van der Waals surface area contributed by atoms with Crippen LogP contribution in [0.25, 0.3) is 0 Å². The molecule has 0 amide bonds. The van der Waals surface area contributed by atoms with E-state index >= 15 is 0 Å². The Morgan fingerprint density at radius 1 is 1.14 bits per heavy atom. The first-order valence-electron chi connectivity index (χ1n) is 10.3. The van der Waals surface area contributed by atoms with E-state index in [1.165, 1.54) is 25.7 Å². The van der Waals surface area contributed by atoms with Crippen molar-refractivity contribution in [3.05, 3.63) is 22.8 Å². The molecule has 28 heavy (non-hydrogen) atoms. The second-order valence-corrected chi connectivity index (χ2v) is 10.3. The standard InChI is InChI=1S/C23H32O4.H2O/c1-13-11-15-14(19(24)18(13)20(25)26)12-17-22(4)9-6-8-21(2,3)16(22)7-10-23(17,5)27-15;/h11,16-17,24H,6-10,12H2,1-5H3,(H,25,26);1H2/t16-,17+,22-,23+;/m0./s1. The van der Waals surface area contributed by atoms with E-state index in [9.17, 15) is 15.0 Å². The Kier molecular flexibility index (Phi) is 4.78. The van der Waals surface area contributed by atoms with E-state index in [4.69, 9.17) is 4.74 Å². The van der Waals surface area contributed by atoms with Crippen LogP contribution in [0.3, 0.4) is 0 Å². The van der Waals surface area contributed by atoms with Crippen LogP contribution in [-0.4, -0.2) is 27.3 Å². The van der Waals surface area contributed by atoms with E-state index in [0.717, 1.165) is 6.42 Å². The minimum atomic E-state index is -1.08. The third kappa shape index (κ3) is 2.73. The number of carbonyl (C=O) groups is 1. The number of aromatic carboxylic acids is 1. The number of benzene rings is 1. The fourth-order valence-corrected chi connectivity index (χ4v) is 7.00. The minimum absolute atomic E-state index is 0. The number of aromatic hydroxyl groups is 1. The van der Waals surface area contributed by atoms with Crippen molar-refractivity contribution in [3.63, 3.8) is 0 Å². The van der Waals surface area contributed by atoms with E-state index in [-0.39, 0.29) is 33.7 Å². The average Bonchev–Trinajstić information content (AvgIpc) is 2.51. The molecule has 0 bridgehead atoms. The summed E-state index contributed by atoms with van der Waals surface area (Å²) < 4.78 is 6.55. The summed E-state index contributed by atoms with van der Waals surface area (Å²) in [6.45, 7) is 11.2. The predicted molar refractivity (Wildman–Crippen MR) is 108 cm³/mol. The smallest absolute Gasteiger partial charge is 0.339 e. The van der Waals surface area contributed by atoms with Gasteiger partial charge in [-0.3, -0.25) is 0 Å². The number of aryl methyl sites for hydroxylation is 1. The molecule has 5 nitrogen and oxygen atoms in total. The lowest BCUT2D eigenvalue weighted by Gasteiger charge is -2.63. The highest BCUT2D eigenvalue weighted by molar-refractivity contribution is 5.93. The Bertz CT molecular complexity index is 814. The van der Waals surface area contributed by atoms with E-state index in [0.29, 0.717) is 34.6 Å². The molecule has 1 aromatic rings. The molecular formula is C23H34O5. The second-order valence-electron chi connectivity index (χ2n) is 10.3. The molecule has 5 heteroatoms. The summed E-state index contributed by atoms with van der Waals surface area (Å²) in [5.74, 6) is 0.415. The van der Waals surface area contributed by atoms with Crippen LogP contribution in [0.2, 0.25) is 0 Å². The highest BCUT2D eigenvalue weighted by Crippen LogP contribution is 2.65. The van der Waals surface area contributed by atoms with Gasteiger partial charge in [-0.2, -0.15) is 0 Å². The zero-order valence-electron chi connectivity index (χ0n) is 17.7. The summed E-state index contributed by atoms with van der Waals surface area (Å²) in [6.07, 6.45) is 6.55. The number of carboxylic acids is 1. The van der Waals surface area contributed by atoms with Gasteiger partial charge in [-0.05, 0) is 74.3 Å². The number of hydrogen-bond acceptors (Lipinski definition) is 3. The molecule has 4 N–H and O–H groups in total. The number of fused-ring (bicyclic) bond motifs is 4. The summed E-state index contributed by atoms with van der Waals surface area (Å²) in [4.78, 5) is 11.6. The summed E-state index contributed by atoms with van der Waals surface area (Å²) in [5.41, 5.74) is 1.46. The van der Waals surface area contributed by atoms with Crippen LogP contribution in [0.15, 0.2) is 6.07 Å². The van der Waals surface area contributed by atoms with Gasteiger partial charge in [-0.25, -0.2) is 4.79 Å². The maximum atomic E-state index is 11.6. The van der Waals surface area contributed by atoms with Gasteiger partial charge in [0.2, 0.25) is 0 Å². The number of hydrogen-bond donors (Lipinski definition) is 2. The van der Waals surface area contributed by atoms with Crippen LogP contribution in [0.5, 0.6) is 11.5 Å². The summed E-state index contributed by atoms with van der Waals surface area (Å²) >= 11 is 0. The van der Waals surface area contributed by atoms with E-state index in [1.54, 1.807) is 13.0 Å². The topological polar surface area (TPSA) is 98.3 Å². The van der Waals surface area contributed by atoms with E-state index < -0.39 is 5.97 Å². The maximum Gasteiger partial charge on any atom is 0.339 e. The van der Waals surface area contributed by atoms with Crippen molar-refractivity contribution in [1.82, 2.24) is 0 Å². The summed E-state index contributed by atoms with van der Waals surface area (Å²) in [6, 6.07) is 1.80. The van der Waals surface area contributed by atoms with Crippen LogP contribution in [0.4, 0.5) is 0 Å². The normalized spacial score (nSPS) is 35.5. The van der Waals surface area contributed by atoms with Gasteiger partial charge in [0.25, 0.3) is 0 Å². The third-order valence-electron chi connectivity index (χ3n) is 8.27. The van der Waals surface area contributed by atoms with Gasteiger partial charge in [-0.15, -0.1) is 0 Å². The van der Waals surface area contributed by atoms with E-state index in [1.807, 2.05) is 0 Å². The van der Waals surface area contributed by atoms with Crippen LogP contribution in [0, 0.1) is 29.6 Å². The van der Waals surface area contributed by atoms with Crippen molar-refractivity contribution in [2.24, 2.45) is 22.7 Å². The molecule has 4 atom stereocenters. The number of carboxylic acid groups (broad SMARTS) is 1. The monoisotopic (exact) mass is 390 g/mol. The van der Waals surface area contributed by atoms with Crippen LogP contribution >= 0.6 is 0 Å². The van der Waals surface area contributed by atoms with Crippen LogP contribution in [0.1, 0.15) is 81.3 Å². The van der Waals surface area contributed by atoms with Crippen molar-refractivity contribution < 1.29 is 25.2 Å². The molecule has 1 aliphatic heterocycles. The molecule has 0 radical (unpaired) electrons. The number of rotatable bonds is 1. The van der Waals surface area contributed by atoms with Crippen LogP contribution in [-0.2, 0) is 6.42 Å². The molecule has 0 unspecified atom stereocenters. The Labute approximate surface area is 167 Å². The SMILES string of the molecule is Cc1cc2c(c(O)c1C(=O)O)C[C@@H]1[C@@]3(C)CCCC(C)(C)[C@@H]3CC[C@@]1(C)O2.O. The highest BCUT2D eigenvalue weighted by atomic mass is 16.5. The quantitative estimate of drug-likeness (QED) is 0.737. The van der Waals surface area contributed by atoms with Gasteiger partial charge >= 0.3 is 5.97 Å². The zero-order chi connectivity index (χ0) is 19.8. The number of ether oxygens (including phenoxy) is 1. The minimum Gasteiger partial charge on any atom is -0.507 e. The zero-order valence-corrected chi connectivity index (χ0v) is 17.7. The lowest BCUT2D eigenvalue weighted by molar-refractivity contribution is -0.162. The molecule has 0 aromatic heterocycles. The molecular weight excluding hydrogens is 356 g/mol. The largest absolute Gasteiger partial charge is 0.507 e. The number of phenols is 1. The Balaban J connectivity index is 0.00000225. The highest BCUT2D eigenvalue weighted by Gasteiger charge is 2.60. The molecule has 0 spiro atoms. The van der Waals surface area contributed by atoms with Crippen LogP contribution < -0.4 is 4.74 Å². The fourth-order valence-electron chi connectivity index (χ4n) is 7.00. The summed E-state index contributed by atoms with van der Waals surface area (Å²) in [7, 11) is 0. The average molecular weight is 391 g/mol. The molecule has 2 aliphatic carbocycles. The first kappa shape index (κ1) is 21.0. The van der Waals surface area contributed by atoms with Crippen molar-refractivity contribution in [1.29, 1.82) is 0 Å². The molecule has 2 saturated carbocycles. The van der Waals surface area contributed by atoms with Crippen molar-refractivity contribution in [3.8, 4) is 11.5 Å². The Hall–Kier alpha value is -1.75.